The SMILES string of the molecule is Cc1cccc(C)c1N1[CH-]N2c3[c-]cccc3C(C)(C)c3cccc1c32.[Ir+3].[c-]1ccccc1-c1ccccn1. The van der Waals surface area contributed by atoms with Crippen LogP contribution in [0.2, 0.25) is 0 Å². The van der Waals surface area contributed by atoms with Crippen LogP contribution in [-0.2, 0) is 25.5 Å². The molecule has 4 aromatic carbocycles. The van der Waals surface area contributed by atoms with Crippen LogP contribution in [0, 0.1) is 32.6 Å². The van der Waals surface area contributed by atoms with Crippen LogP contribution in [-0.4, -0.2) is 4.98 Å². The fourth-order valence-electron chi connectivity index (χ4n) is 5.60. The van der Waals surface area contributed by atoms with Crippen molar-refractivity contribution in [3.63, 3.8) is 0 Å². The number of benzene rings is 4. The van der Waals surface area contributed by atoms with Gasteiger partial charge in [0.2, 0.25) is 0 Å². The molecular formula is C35H30IrN3. The molecule has 0 radical (unpaired) electrons. The first-order valence-corrected chi connectivity index (χ1v) is 13.0. The minimum Gasteiger partial charge on any atom is -0.493 e. The molecule has 0 saturated heterocycles. The van der Waals surface area contributed by atoms with Crippen molar-refractivity contribution in [2.24, 2.45) is 0 Å². The number of pyridine rings is 1. The molecule has 3 heterocycles. The monoisotopic (exact) mass is 685 g/mol. The van der Waals surface area contributed by atoms with Gasteiger partial charge in [-0.25, -0.2) is 0 Å². The number of anilines is 4. The zero-order chi connectivity index (χ0) is 26.3. The van der Waals surface area contributed by atoms with Crippen LogP contribution in [0.4, 0.5) is 22.7 Å². The molecule has 5 aromatic rings. The molecular weight excluding hydrogens is 655 g/mol. The molecule has 4 heteroatoms. The number of hydrogen-bond donors (Lipinski definition) is 0. The third-order valence-corrected chi connectivity index (χ3v) is 7.50. The van der Waals surface area contributed by atoms with Crippen LogP contribution < -0.4 is 9.80 Å². The Morgan fingerprint density at radius 3 is 2.13 bits per heavy atom. The molecule has 0 amide bonds. The smallest absolute Gasteiger partial charge is 0.493 e. The molecule has 7 rings (SSSR count). The molecule has 0 atom stereocenters. The number of rotatable bonds is 2. The van der Waals surface area contributed by atoms with Gasteiger partial charge in [0, 0.05) is 23.3 Å². The number of fused-ring (bicyclic) bond motifs is 2. The number of aryl methyl sites for hydroxylation is 2. The van der Waals surface area contributed by atoms with E-state index in [1.807, 2.05) is 48.5 Å². The van der Waals surface area contributed by atoms with E-state index in [9.17, 15) is 0 Å². The summed E-state index contributed by atoms with van der Waals surface area (Å²) in [4.78, 5) is 8.88. The Bertz CT molecular complexity index is 1540. The van der Waals surface area contributed by atoms with Crippen molar-refractivity contribution >= 4 is 22.7 Å². The fraction of sp³-hybridized carbons (Fsp3) is 0.143. The fourth-order valence-corrected chi connectivity index (χ4v) is 5.60. The Balaban J connectivity index is 0.000000200. The van der Waals surface area contributed by atoms with Crippen LogP contribution in [0.1, 0.15) is 36.1 Å². The second kappa shape index (κ2) is 10.8. The van der Waals surface area contributed by atoms with Gasteiger partial charge in [0.15, 0.2) is 0 Å². The van der Waals surface area contributed by atoms with E-state index in [1.165, 1.54) is 39.3 Å². The van der Waals surface area contributed by atoms with E-state index >= 15 is 0 Å². The predicted octanol–water partition coefficient (Wildman–Crippen LogP) is 8.70. The van der Waals surface area contributed by atoms with E-state index in [-0.39, 0.29) is 25.5 Å². The maximum absolute atomic E-state index is 4.22. The van der Waals surface area contributed by atoms with Crippen LogP contribution in [0.25, 0.3) is 11.3 Å². The predicted molar refractivity (Wildman–Crippen MR) is 157 cm³/mol. The van der Waals surface area contributed by atoms with E-state index in [4.69, 9.17) is 0 Å². The molecule has 0 fully saturated rings. The third kappa shape index (κ3) is 4.69. The molecule has 0 unspecified atom stereocenters. The maximum atomic E-state index is 4.22. The molecule has 2 aliphatic rings. The van der Waals surface area contributed by atoms with Crippen LogP contribution >= 0.6 is 0 Å². The molecule has 3 nitrogen and oxygen atoms in total. The van der Waals surface area contributed by atoms with Gasteiger partial charge in [-0.2, -0.15) is 24.3 Å². The zero-order valence-corrected chi connectivity index (χ0v) is 25.0. The van der Waals surface area contributed by atoms with E-state index < -0.39 is 0 Å². The van der Waals surface area contributed by atoms with Crippen molar-refractivity contribution in [3.05, 3.63) is 144 Å². The Hall–Kier alpha value is -3.72. The van der Waals surface area contributed by atoms with Gasteiger partial charge in [-0.1, -0.05) is 56.3 Å². The van der Waals surface area contributed by atoms with Crippen molar-refractivity contribution in [1.29, 1.82) is 0 Å². The molecule has 0 spiro atoms. The van der Waals surface area contributed by atoms with Gasteiger partial charge in [-0.05, 0) is 53.8 Å². The van der Waals surface area contributed by atoms with Gasteiger partial charge in [0.1, 0.15) is 0 Å². The molecule has 39 heavy (non-hydrogen) atoms. The quantitative estimate of drug-likeness (QED) is 0.174. The minimum atomic E-state index is -0.0421. The first kappa shape index (κ1) is 26.9. The molecule has 194 valence electrons. The van der Waals surface area contributed by atoms with E-state index in [0.29, 0.717) is 0 Å². The molecule has 2 aliphatic heterocycles. The third-order valence-electron chi connectivity index (χ3n) is 7.50. The second-order valence-corrected chi connectivity index (χ2v) is 10.3. The largest absolute Gasteiger partial charge is 3.00 e. The van der Waals surface area contributed by atoms with Gasteiger partial charge in [-0.15, -0.1) is 53.8 Å². The standard InChI is InChI=1S/C24H22N2.C11H8N.Ir/c1-16-9-7-10-17(2)22(16)26-15-25-20-13-6-5-11-18(20)24(3,4)19-12-8-14-21(26)23(19)25;1-2-6-10(7-3-1)11-8-4-5-9-12-11;/h5-12,14-15H,1-4H3;1-6,8-9H;/q-2;-1;+3. The van der Waals surface area contributed by atoms with Crippen LogP contribution in [0.5, 0.6) is 0 Å². The summed E-state index contributed by atoms with van der Waals surface area (Å²) in [6, 6.07) is 39.8. The summed E-state index contributed by atoms with van der Waals surface area (Å²) in [6.07, 6.45) is 1.79. The van der Waals surface area contributed by atoms with Gasteiger partial charge in [-0.3, -0.25) is 0 Å². The van der Waals surface area contributed by atoms with E-state index in [1.54, 1.807) is 6.20 Å². The van der Waals surface area contributed by atoms with Gasteiger partial charge in [0.25, 0.3) is 0 Å². The van der Waals surface area contributed by atoms with Crippen LogP contribution in [0.3, 0.4) is 0 Å². The summed E-state index contributed by atoms with van der Waals surface area (Å²) in [5, 5.41) is 0. The van der Waals surface area contributed by atoms with Gasteiger partial charge in [0.05, 0.1) is 0 Å². The first-order valence-electron chi connectivity index (χ1n) is 13.0. The Kier molecular flexibility index (Phi) is 7.44. The molecule has 1 aromatic heterocycles. The summed E-state index contributed by atoms with van der Waals surface area (Å²) in [7, 11) is 0. The summed E-state index contributed by atoms with van der Waals surface area (Å²) < 4.78 is 0. The number of para-hydroxylation sites is 3. The summed E-state index contributed by atoms with van der Waals surface area (Å²) in [6.45, 7) is 11.2. The summed E-state index contributed by atoms with van der Waals surface area (Å²) >= 11 is 0. The van der Waals surface area contributed by atoms with Gasteiger partial charge < -0.3 is 14.8 Å². The van der Waals surface area contributed by atoms with Crippen LogP contribution in [0.15, 0.2) is 103 Å². The number of aromatic nitrogens is 1. The summed E-state index contributed by atoms with van der Waals surface area (Å²) in [5.74, 6) is 0. The Morgan fingerprint density at radius 1 is 0.692 bits per heavy atom. The van der Waals surface area contributed by atoms with Crippen molar-refractivity contribution in [2.45, 2.75) is 33.1 Å². The first-order chi connectivity index (χ1) is 18.5. The van der Waals surface area contributed by atoms with E-state index in [2.05, 4.69) is 110 Å². The topological polar surface area (TPSA) is 19.4 Å². The molecule has 0 aliphatic carbocycles. The number of nitrogens with zero attached hydrogens (tertiary/aromatic N) is 3. The molecule has 0 bridgehead atoms. The zero-order valence-electron chi connectivity index (χ0n) is 22.6. The van der Waals surface area contributed by atoms with Crippen molar-refractivity contribution in [3.8, 4) is 11.3 Å². The summed E-state index contributed by atoms with van der Waals surface area (Å²) in [5.41, 5.74) is 12.2. The van der Waals surface area contributed by atoms with Crippen molar-refractivity contribution in [1.82, 2.24) is 4.98 Å². The average Bonchev–Trinajstić information content (AvgIpc) is 3.33. The molecule has 0 saturated carbocycles. The Labute approximate surface area is 245 Å². The van der Waals surface area contributed by atoms with Gasteiger partial charge >= 0.3 is 20.1 Å². The average molecular weight is 685 g/mol. The minimum absolute atomic E-state index is 0. The Morgan fingerprint density at radius 2 is 1.41 bits per heavy atom. The second-order valence-electron chi connectivity index (χ2n) is 10.3. The van der Waals surface area contributed by atoms with Crippen molar-refractivity contribution < 1.29 is 20.1 Å². The number of hydrogen-bond acceptors (Lipinski definition) is 3. The van der Waals surface area contributed by atoms with E-state index in [0.717, 1.165) is 16.9 Å². The molecule has 0 N–H and O–H groups in total. The van der Waals surface area contributed by atoms with Crippen molar-refractivity contribution in [2.75, 3.05) is 9.80 Å². The normalized spacial score (nSPS) is 13.9. The maximum Gasteiger partial charge on any atom is 3.00 e.